The van der Waals surface area contributed by atoms with Crippen molar-refractivity contribution in [3.63, 3.8) is 0 Å². The molecule has 0 spiro atoms. The number of fused-ring (bicyclic) bond motifs is 1. The quantitative estimate of drug-likeness (QED) is 0.112. The molecular formula is C39H45BClF5N6O7. The molecule has 3 aromatic rings. The topological polar surface area (TPSA) is 154 Å². The number of amides is 3. The van der Waals surface area contributed by atoms with Gasteiger partial charge in [-0.3, -0.25) is 14.2 Å². The predicted molar refractivity (Wildman–Crippen MR) is 208 cm³/mol. The highest BCUT2D eigenvalue weighted by Gasteiger charge is 2.68. The standard InChI is InChI=1S/C39H45BClF5N6O7/c1-36(2)21-11-28(36)38(4)29(12-21)58-40(59-38)30(15-31(42)43)50-32(53)25-16-37(3,51-35(55)49-23-13-22(41)26(56-5)14-27(23)57-6)34-48-18-24(33(54)52(25)34)47-17-19-8-7-9-20(10-19)39(44,45)46/h7-10,13-14,18,21,25,28-31,47H,11-12,15-17H2,1-6H3,(H,50,53)(H2,49,51,55)/t21-,25-,28-,29+,30?,37+,38-/m0/s1. The van der Waals surface area contributed by atoms with Gasteiger partial charge in [0.15, 0.2) is 0 Å². The molecule has 4 N–H and O–H groups in total. The van der Waals surface area contributed by atoms with E-state index in [1.807, 2.05) is 6.92 Å². The molecule has 20 heteroatoms. The van der Waals surface area contributed by atoms with E-state index in [1.165, 1.54) is 45.4 Å². The molecule has 0 radical (unpaired) electrons. The van der Waals surface area contributed by atoms with E-state index < -0.39 is 72.3 Å². The number of anilines is 2. The van der Waals surface area contributed by atoms with E-state index in [9.17, 15) is 36.3 Å². The zero-order chi connectivity index (χ0) is 42.8. The lowest BCUT2D eigenvalue weighted by molar-refractivity contribution is -0.199. The molecule has 8 rings (SSSR count). The van der Waals surface area contributed by atoms with Crippen LogP contribution in [0.4, 0.5) is 38.1 Å². The van der Waals surface area contributed by atoms with Crippen LogP contribution in [0.2, 0.25) is 5.02 Å². The van der Waals surface area contributed by atoms with Gasteiger partial charge in [-0.05, 0) is 67.7 Å². The van der Waals surface area contributed by atoms with Gasteiger partial charge in [-0.15, -0.1) is 0 Å². The number of benzene rings is 2. The first-order valence-electron chi connectivity index (χ1n) is 19.1. The minimum Gasteiger partial charge on any atom is -0.495 e. The van der Waals surface area contributed by atoms with Crippen molar-refractivity contribution in [3.8, 4) is 11.5 Å². The number of nitrogens with one attached hydrogen (secondary N) is 4. The first-order chi connectivity index (χ1) is 27.7. The largest absolute Gasteiger partial charge is 0.495 e. The van der Waals surface area contributed by atoms with E-state index >= 15 is 0 Å². The molecule has 318 valence electrons. The summed E-state index contributed by atoms with van der Waals surface area (Å²) in [5.74, 6) is -1.23. The SMILES string of the molecule is COc1cc(OC)c(NC(=O)N[C@]2(C)C[C@@H](C(=O)NC(CC(F)F)B3O[C@@H]4C[C@@H]5C[C@@H](C5(C)C)[C@]4(C)O3)n3c2ncc(NCc2cccc(C(F)(F)F)c2)c3=O)cc1Cl. The fourth-order valence-corrected chi connectivity index (χ4v) is 9.61. The van der Waals surface area contributed by atoms with Gasteiger partial charge in [0.2, 0.25) is 12.3 Å². The molecule has 4 fully saturated rings. The van der Waals surface area contributed by atoms with Crippen LogP contribution < -0.4 is 36.3 Å². The number of carbonyl (C=O) groups is 2. The van der Waals surface area contributed by atoms with Crippen molar-refractivity contribution >= 4 is 42.0 Å². The van der Waals surface area contributed by atoms with Crippen molar-refractivity contribution in [2.75, 3.05) is 24.9 Å². The Morgan fingerprint density at radius 1 is 1.07 bits per heavy atom. The molecule has 7 atom stereocenters. The van der Waals surface area contributed by atoms with Gasteiger partial charge in [-0.2, -0.15) is 13.2 Å². The Balaban J connectivity index is 1.18. The summed E-state index contributed by atoms with van der Waals surface area (Å²) in [6.45, 7) is 7.55. The zero-order valence-electron chi connectivity index (χ0n) is 33.1. The summed E-state index contributed by atoms with van der Waals surface area (Å²) in [5, 5.41) is 11.1. The minimum absolute atomic E-state index is 0.0337. The third-order valence-corrected chi connectivity index (χ3v) is 12.9. The average molecular weight is 851 g/mol. The van der Waals surface area contributed by atoms with Crippen LogP contribution in [-0.2, 0) is 32.4 Å². The predicted octanol–water partition coefficient (Wildman–Crippen LogP) is 6.93. The Bertz CT molecular complexity index is 2200. The van der Waals surface area contributed by atoms with Gasteiger partial charge in [0.1, 0.15) is 29.1 Å². The van der Waals surface area contributed by atoms with Crippen molar-refractivity contribution < 1.29 is 50.3 Å². The van der Waals surface area contributed by atoms with Crippen molar-refractivity contribution in [2.45, 2.75) is 102 Å². The van der Waals surface area contributed by atoms with Crippen molar-refractivity contribution in [1.82, 2.24) is 20.2 Å². The lowest BCUT2D eigenvalue weighted by Gasteiger charge is -2.64. The number of aromatic nitrogens is 2. The van der Waals surface area contributed by atoms with Crippen LogP contribution in [0.25, 0.3) is 0 Å². The average Bonchev–Trinajstić information content (AvgIpc) is 3.68. The number of halogens is 6. The summed E-state index contributed by atoms with van der Waals surface area (Å²) >= 11 is 6.30. The van der Waals surface area contributed by atoms with Gasteiger partial charge in [-0.25, -0.2) is 18.6 Å². The van der Waals surface area contributed by atoms with Gasteiger partial charge in [0.25, 0.3) is 5.56 Å². The molecule has 2 bridgehead atoms. The van der Waals surface area contributed by atoms with E-state index in [-0.39, 0.29) is 69.7 Å². The third-order valence-electron chi connectivity index (χ3n) is 12.6. The Labute approximate surface area is 342 Å². The fourth-order valence-electron chi connectivity index (χ4n) is 9.37. The number of alkyl halides is 5. The zero-order valence-corrected chi connectivity index (χ0v) is 33.9. The molecular weight excluding hydrogens is 806 g/mol. The normalized spacial score (nSPS) is 27.0. The van der Waals surface area contributed by atoms with Crippen molar-refractivity contribution in [2.24, 2.45) is 17.3 Å². The third kappa shape index (κ3) is 7.81. The van der Waals surface area contributed by atoms with Crippen molar-refractivity contribution in [1.29, 1.82) is 0 Å². The lowest BCUT2D eigenvalue weighted by Crippen LogP contribution is -2.65. The van der Waals surface area contributed by atoms with Gasteiger partial charge in [-0.1, -0.05) is 37.6 Å². The van der Waals surface area contributed by atoms with Crippen LogP contribution in [0.15, 0.2) is 47.4 Å². The highest BCUT2D eigenvalue weighted by Crippen LogP contribution is 2.65. The second-order valence-corrected chi connectivity index (χ2v) is 17.0. The van der Waals surface area contributed by atoms with Crippen LogP contribution >= 0.6 is 11.6 Å². The molecule has 2 aromatic carbocycles. The molecule has 5 aliphatic rings. The minimum atomic E-state index is -4.59. The number of hydrogen-bond acceptors (Lipinski definition) is 9. The summed E-state index contributed by atoms with van der Waals surface area (Å²) < 4.78 is 93.0. The van der Waals surface area contributed by atoms with Crippen LogP contribution in [0, 0.1) is 17.3 Å². The van der Waals surface area contributed by atoms with E-state index in [2.05, 4.69) is 40.1 Å². The number of carbonyl (C=O) groups excluding carboxylic acids is 2. The molecule has 3 aliphatic carbocycles. The maximum atomic E-state index is 14.4. The summed E-state index contributed by atoms with van der Waals surface area (Å²) in [6.07, 6.45) is -6.15. The first-order valence-corrected chi connectivity index (χ1v) is 19.5. The summed E-state index contributed by atoms with van der Waals surface area (Å²) in [6, 6.07) is 5.18. The van der Waals surface area contributed by atoms with Gasteiger partial charge in [0.05, 0.1) is 59.9 Å². The highest BCUT2D eigenvalue weighted by molar-refractivity contribution is 6.48. The molecule has 1 aromatic heterocycles. The molecule has 59 heavy (non-hydrogen) atoms. The Kier molecular flexibility index (Phi) is 11.1. The Hall–Kier alpha value is -4.62. The second kappa shape index (κ2) is 15.4. The Morgan fingerprint density at radius 3 is 2.46 bits per heavy atom. The smallest absolute Gasteiger partial charge is 0.481 e. The number of nitrogens with zero attached hydrogens (tertiary/aromatic N) is 2. The van der Waals surface area contributed by atoms with E-state index in [0.717, 1.165) is 29.3 Å². The highest BCUT2D eigenvalue weighted by atomic mass is 35.5. The molecule has 13 nitrogen and oxygen atoms in total. The number of rotatable bonds is 12. The van der Waals surface area contributed by atoms with Crippen LogP contribution in [0.5, 0.6) is 11.5 Å². The fraction of sp³-hybridized carbons (Fsp3) is 0.538. The number of urea groups is 1. The molecule has 2 aliphatic heterocycles. The Morgan fingerprint density at radius 2 is 1.80 bits per heavy atom. The molecule has 3 amide bonds. The lowest BCUT2D eigenvalue weighted by atomic mass is 9.43. The van der Waals surface area contributed by atoms with E-state index in [0.29, 0.717) is 12.3 Å². The van der Waals surface area contributed by atoms with Crippen LogP contribution in [0.3, 0.4) is 0 Å². The monoisotopic (exact) mass is 850 g/mol. The maximum absolute atomic E-state index is 14.4. The molecule has 3 saturated carbocycles. The number of ether oxygens (including phenoxy) is 2. The van der Waals surface area contributed by atoms with Crippen molar-refractivity contribution in [3.05, 3.63) is 74.9 Å². The maximum Gasteiger partial charge on any atom is 0.481 e. The summed E-state index contributed by atoms with van der Waals surface area (Å²) in [7, 11) is 1.57. The van der Waals surface area contributed by atoms with Crippen LogP contribution in [0.1, 0.15) is 76.4 Å². The number of hydrogen-bond donors (Lipinski definition) is 4. The van der Waals surface area contributed by atoms with E-state index in [1.54, 1.807) is 0 Å². The van der Waals surface area contributed by atoms with Crippen LogP contribution in [-0.4, -0.2) is 66.9 Å². The second-order valence-electron chi connectivity index (χ2n) is 16.6. The summed E-state index contributed by atoms with van der Waals surface area (Å²) in [5.41, 5.74) is -3.80. The molecule has 1 unspecified atom stereocenters. The first kappa shape index (κ1) is 42.5. The number of methoxy groups -OCH3 is 2. The van der Waals surface area contributed by atoms with Gasteiger partial charge in [0, 0.05) is 25.5 Å². The van der Waals surface area contributed by atoms with E-state index in [4.69, 9.17) is 30.4 Å². The summed E-state index contributed by atoms with van der Waals surface area (Å²) in [4.78, 5) is 46.7. The molecule has 1 saturated heterocycles. The molecule has 3 heterocycles. The van der Waals surface area contributed by atoms with Gasteiger partial charge >= 0.3 is 19.3 Å². The van der Waals surface area contributed by atoms with Gasteiger partial charge < -0.3 is 40.0 Å².